The number of hydrogen-bond donors (Lipinski definition) is 2. The SMILES string of the molecule is CCOc1ccc(S(=O)(=O)NCCc2ccccc2)cc1NC(=O)c1ccccc1F. The van der Waals surface area contributed by atoms with Gasteiger partial charge >= 0.3 is 0 Å². The maximum atomic E-state index is 13.9. The van der Waals surface area contributed by atoms with E-state index in [2.05, 4.69) is 10.0 Å². The first-order valence-electron chi connectivity index (χ1n) is 9.77. The fraction of sp³-hybridized carbons (Fsp3) is 0.174. The van der Waals surface area contributed by atoms with Crippen molar-refractivity contribution in [3.8, 4) is 5.75 Å². The predicted molar refractivity (Wildman–Crippen MR) is 117 cm³/mol. The number of halogens is 1. The molecule has 162 valence electrons. The molecular weight excluding hydrogens is 419 g/mol. The minimum absolute atomic E-state index is 0.0344. The average Bonchev–Trinajstić information content (AvgIpc) is 2.76. The van der Waals surface area contributed by atoms with E-state index in [1.165, 1.54) is 36.4 Å². The first kappa shape index (κ1) is 22.5. The Morgan fingerprint density at radius 3 is 2.42 bits per heavy atom. The molecule has 0 radical (unpaired) electrons. The average molecular weight is 443 g/mol. The second kappa shape index (κ2) is 10.2. The molecule has 3 aromatic rings. The number of benzene rings is 3. The molecule has 0 saturated carbocycles. The maximum Gasteiger partial charge on any atom is 0.258 e. The van der Waals surface area contributed by atoms with Crippen LogP contribution >= 0.6 is 0 Å². The third kappa shape index (κ3) is 5.90. The molecule has 1 amide bonds. The van der Waals surface area contributed by atoms with Gasteiger partial charge in [-0.25, -0.2) is 17.5 Å². The molecule has 3 rings (SSSR count). The molecule has 0 fully saturated rings. The van der Waals surface area contributed by atoms with Crippen LogP contribution < -0.4 is 14.8 Å². The van der Waals surface area contributed by atoms with E-state index in [1.54, 1.807) is 13.0 Å². The third-order valence-corrected chi connectivity index (χ3v) is 5.94. The summed E-state index contributed by atoms with van der Waals surface area (Å²) in [7, 11) is -3.82. The smallest absolute Gasteiger partial charge is 0.258 e. The summed E-state index contributed by atoms with van der Waals surface area (Å²) in [5.74, 6) is -1.09. The minimum Gasteiger partial charge on any atom is -0.492 e. The summed E-state index contributed by atoms with van der Waals surface area (Å²) in [5.41, 5.74) is 0.995. The molecule has 6 nitrogen and oxygen atoms in total. The van der Waals surface area contributed by atoms with Gasteiger partial charge in [-0.1, -0.05) is 42.5 Å². The van der Waals surface area contributed by atoms with E-state index >= 15 is 0 Å². The summed E-state index contributed by atoms with van der Waals surface area (Å²) < 4.78 is 47.4. The Bertz CT molecular complexity index is 1150. The minimum atomic E-state index is -3.82. The number of anilines is 1. The molecule has 0 aliphatic heterocycles. The van der Waals surface area contributed by atoms with E-state index in [9.17, 15) is 17.6 Å². The van der Waals surface area contributed by atoms with E-state index in [0.29, 0.717) is 13.0 Å². The van der Waals surface area contributed by atoms with Crippen molar-refractivity contribution in [3.63, 3.8) is 0 Å². The Morgan fingerprint density at radius 1 is 1.00 bits per heavy atom. The van der Waals surface area contributed by atoms with Gasteiger partial charge in [0.2, 0.25) is 10.0 Å². The van der Waals surface area contributed by atoms with E-state index in [-0.39, 0.29) is 28.4 Å². The van der Waals surface area contributed by atoms with Crippen molar-refractivity contribution >= 4 is 21.6 Å². The Hall–Kier alpha value is -3.23. The van der Waals surface area contributed by atoms with Gasteiger partial charge in [0.25, 0.3) is 5.91 Å². The molecule has 0 aromatic heterocycles. The molecule has 0 aliphatic carbocycles. The summed E-state index contributed by atoms with van der Waals surface area (Å²) in [6.07, 6.45) is 0.536. The number of amides is 1. The zero-order chi connectivity index (χ0) is 22.3. The Labute approximate surface area is 181 Å². The third-order valence-electron chi connectivity index (χ3n) is 4.48. The number of nitrogens with one attached hydrogen (secondary N) is 2. The van der Waals surface area contributed by atoms with Gasteiger partial charge in [-0.2, -0.15) is 0 Å². The first-order chi connectivity index (χ1) is 14.9. The highest BCUT2D eigenvalue weighted by Gasteiger charge is 2.19. The zero-order valence-electron chi connectivity index (χ0n) is 17.0. The van der Waals surface area contributed by atoms with Gasteiger partial charge in [-0.15, -0.1) is 0 Å². The lowest BCUT2D eigenvalue weighted by atomic mass is 10.2. The molecule has 31 heavy (non-hydrogen) atoms. The van der Waals surface area contributed by atoms with Gasteiger partial charge in [0, 0.05) is 6.54 Å². The maximum absolute atomic E-state index is 13.9. The largest absolute Gasteiger partial charge is 0.492 e. The molecular formula is C23H23FN2O4S. The van der Waals surface area contributed by atoms with Crippen LogP contribution in [-0.4, -0.2) is 27.5 Å². The highest BCUT2D eigenvalue weighted by atomic mass is 32.2. The van der Waals surface area contributed by atoms with Gasteiger partial charge in [0.15, 0.2) is 0 Å². The number of rotatable bonds is 9. The molecule has 2 N–H and O–H groups in total. The highest BCUT2D eigenvalue weighted by Crippen LogP contribution is 2.28. The number of hydrogen-bond acceptors (Lipinski definition) is 4. The molecule has 0 unspecified atom stereocenters. The molecule has 8 heteroatoms. The normalized spacial score (nSPS) is 11.2. The molecule has 3 aromatic carbocycles. The van der Waals surface area contributed by atoms with E-state index < -0.39 is 21.7 Å². The van der Waals surface area contributed by atoms with Crippen molar-refractivity contribution in [2.45, 2.75) is 18.2 Å². The second-order valence-electron chi connectivity index (χ2n) is 6.66. The van der Waals surface area contributed by atoms with Crippen molar-refractivity contribution in [2.24, 2.45) is 0 Å². The van der Waals surface area contributed by atoms with Crippen molar-refractivity contribution in [2.75, 3.05) is 18.5 Å². The van der Waals surface area contributed by atoms with Crippen LogP contribution in [0.3, 0.4) is 0 Å². The molecule has 0 saturated heterocycles. The lowest BCUT2D eigenvalue weighted by Gasteiger charge is -2.14. The van der Waals surface area contributed by atoms with Crippen LogP contribution in [-0.2, 0) is 16.4 Å². The lowest BCUT2D eigenvalue weighted by molar-refractivity contribution is 0.102. The molecule has 0 aliphatic rings. The Balaban J connectivity index is 1.79. The molecule has 0 spiro atoms. The topological polar surface area (TPSA) is 84.5 Å². The number of ether oxygens (including phenoxy) is 1. The summed E-state index contributed by atoms with van der Waals surface area (Å²) in [5, 5.41) is 2.55. The van der Waals surface area contributed by atoms with Crippen molar-refractivity contribution < 1.29 is 22.3 Å². The Morgan fingerprint density at radius 2 is 1.71 bits per heavy atom. The Kier molecular flexibility index (Phi) is 7.38. The van der Waals surface area contributed by atoms with E-state index in [0.717, 1.165) is 5.56 Å². The van der Waals surface area contributed by atoms with Gasteiger partial charge in [0.1, 0.15) is 11.6 Å². The van der Waals surface area contributed by atoms with Crippen molar-refractivity contribution in [1.82, 2.24) is 4.72 Å². The lowest BCUT2D eigenvalue weighted by Crippen LogP contribution is -2.26. The summed E-state index contributed by atoms with van der Waals surface area (Å²) in [4.78, 5) is 12.5. The second-order valence-corrected chi connectivity index (χ2v) is 8.43. The van der Waals surface area contributed by atoms with Crippen LogP contribution in [0.5, 0.6) is 5.75 Å². The fourth-order valence-corrected chi connectivity index (χ4v) is 4.01. The standard InChI is InChI=1S/C23H23FN2O4S/c1-2-30-22-13-12-18(31(28,29)25-15-14-17-8-4-3-5-9-17)16-21(22)26-23(27)19-10-6-7-11-20(19)24/h3-13,16,25H,2,14-15H2,1H3,(H,26,27). The fourth-order valence-electron chi connectivity index (χ4n) is 2.95. The van der Waals surface area contributed by atoms with Crippen LogP contribution in [0.15, 0.2) is 77.7 Å². The van der Waals surface area contributed by atoms with Gasteiger partial charge in [-0.05, 0) is 49.2 Å². The van der Waals surface area contributed by atoms with E-state index in [1.807, 2.05) is 30.3 Å². The number of carbonyl (C=O) groups is 1. The summed E-state index contributed by atoms with van der Waals surface area (Å²) >= 11 is 0. The quantitative estimate of drug-likeness (QED) is 0.525. The number of sulfonamides is 1. The van der Waals surface area contributed by atoms with Crippen LogP contribution in [0.1, 0.15) is 22.8 Å². The highest BCUT2D eigenvalue weighted by molar-refractivity contribution is 7.89. The zero-order valence-corrected chi connectivity index (χ0v) is 17.8. The van der Waals surface area contributed by atoms with Gasteiger partial charge in [0.05, 0.1) is 22.8 Å². The first-order valence-corrected chi connectivity index (χ1v) is 11.3. The number of carbonyl (C=O) groups excluding carboxylic acids is 1. The summed E-state index contributed by atoms with van der Waals surface area (Å²) in [6, 6.07) is 19.2. The molecule has 0 atom stereocenters. The van der Waals surface area contributed by atoms with E-state index in [4.69, 9.17) is 4.74 Å². The van der Waals surface area contributed by atoms with Crippen LogP contribution in [0.2, 0.25) is 0 Å². The van der Waals surface area contributed by atoms with Crippen LogP contribution in [0.25, 0.3) is 0 Å². The summed E-state index contributed by atoms with van der Waals surface area (Å²) in [6.45, 7) is 2.29. The van der Waals surface area contributed by atoms with Gasteiger partial charge < -0.3 is 10.1 Å². The van der Waals surface area contributed by atoms with Crippen LogP contribution in [0.4, 0.5) is 10.1 Å². The molecule has 0 heterocycles. The van der Waals surface area contributed by atoms with Crippen molar-refractivity contribution in [1.29, 1.82) is 0 Å². The predicted octanol–water partition coefficient (Wildman–Crippen LogP) is 4.00. The molecule has 0 bridgehead atoms. The van der Waals surface area contributed by atoms with Crippen LogP contribution in [0, 0.1) is 5.82 Å². The van der Waals surface area contributed by atoms with Crippen molar-refractivity contribution in [3.05, 3.63) is 89.7 Å². The monoisotopic (exact) mass is 442 g/mol. The van der Waals surface area contributed by atoms with Gasteiger partial charge in [-0.3, -0.25) is 4.79 Å².